The molecule has 0 aliphatic heterocycles. The average molecular weight is 546 g/mol. The Morgan fingerprint density at radius 2 is 1.58 bits per heavy atom. The predicted molar refractivity (Wildman–Crippen MR) is 135 cm³/mol. The maximum atomic E-state index is 12.9. The summed E-state index contributed by atoms with van der Waals surface area (Å²) >= 11 is 0. The maximum Gasteiger partial charge on any atom is 0.416 e. The molecule has 0 spiro atoms. The van der Waals surface area contributed by atoms with Crippen LogP contribution >= 0.6 is 0 Å². The summed E-state index contributed by atoms with van der Waals surface area (Å²) in [7, 11) is -0.471. The maximum absolute atomic E-state index is 12.9. The smallest absolute Gasteiger partial charge is 0.333 e. The van der Waals surface area contributed by atoms with Gasteiger partial charge < -0.3 is 4.57 Å². The van der Waals surface area contributed by atoms with E-state index >= 15 is 0 Å². The van der Waals surface area contributed by atoms with Crippen molar-refractivity contribution in [3.05, 3.63) is 94.9 Å². The third-order valence-electron chi connectivity index (χ3n) is 5.68. The number of fused-ring (bicyclic) bond motifs is 1. The van der Waals surface area contributed by atoms with Crippen LogP contribution in [0, 0.1) is 6.92 Å². The summed E-state index contributed by atoms with van der Waals surface area (Å²) in [6.45, 7) is 1.84. The van der Waals surface area contributed by atoms with Crippen LogP contribution in [0.1, 0.15) is 11.1 Å². The summed E-state index contributed by atoms with van der Waals surface area (Å²) in [6, 6.07) is 10.4. The first kappa shape index (κ1) is 26.8. The quantitative estimate of drug-likeness (QED) is 0.337. The molecule has 0 unspecified atom stereocenters. The van der Waals surface area contributed by atoms with Gasteiger partial charge in [-0.05, 0) is 43.3 Å². The van der Waals surface area contributed by atoms with Gasteiger partial charge in [-0.3, -0.25) is 18.6 Å². The van der Waals surface area contributed by atoms with E-state index in [0.29, 0.717) is 16.8 Å². The van der Waals surface area contributed by atoms with Crippen molar-refractivity contribution in [2.24, 2.45) is 14.1 Å². The second-order valence-corrected chi connectivity index (χ2v) is 9.93. The molecule has 0 saturated heterocycles. The molecule has 13 heteroatoms. The van der Waals surface area contributed by atoms with Gasteiger partial charge >= 0.3 is 6.18 Å². The summed E-state index contributed by atoms with van der Waals surface area (Å²) in [5.74, 6) is 0. The molecule has 1 N–H and O–H groups in total. The number of aromatic nitrogens is 5. The molecule has 0 amide bonds. The van der Waals surface area contributed by atoms with Crippen molar-refractivity contribution in [2.75, 3.05) is 0 Å². The number of rotatable bonds is 3. The Balaban J connectivity index is 0.000000257. The van der Waals surface area contributed by atoms with Gasteiger partial charge in [0.2, 0.25) is 0 Å². The third-order valence-corrected chi connectivity index (χ3v) is 6.55. The summed E-state index contributed by atoms with van der Waals surface area (Å²) in [5.41, 5.74) is 2.45. The number of halogens is 3. The number of hydrogen-bond donors (Lipinski definition) is 1. The van der Waals surface area contributed by atoms with Gasteiger partial charge in [-0.15, -0.1) is 0 Å². The topological polar surface area (TPSA) is 112 Å². The Morgan fingerprint density at radius 1 is 0.947 bits per heavy atom. The summed E-state index contributed by atoms with van der Waals surface area (Å²) in [4.78, 5) is 17.0. The highest BCUT2D eigenvalue weighted by molar-refractivity contribution is 7.85. The second kappa shape index (κ2) is 9.91. The Labute approximate surface area is 215 Å². The minimum Gasteiger partial charge on any atom is -0.333 e. The zero-order valence-corrected chi connectivity index (χ0v) is 21.2. The molecule has 0 saturated carbocycles. The van der Waals surface area contributed by atoms with Crippen LogP contribution in [0.15, 0.2) is 83.1 Å². The molecule has 0 atom stereocenters. The van der Waals surface area contributed by atoms with E-state index in [1.165, 1.54) is 35.2 Å². The summed E-state index contributed by atoms with van der Waals surface area (Å²) in [6.07, 6.45) is 2.15. The molecule has 5 aromatic rings. The highest BCUT2D eigenvalue weighted by atomic mass is 32.2. The van der Waals surface area contributed by atoms with Crippen LogP contribution in [-0.2, 0) is 30.4 Å². The van der Waals surface area contributed by atoms with Gasteiger partial charge in [-0.25, -0.2) is 4.98 Å². The molecule has 2 aromatic carbocycles. The van der Waals surface area contributed by atoms with Crippen molar-refractivity contribution in [1.29, 1.82) is 0 Å². The third kappa shape index (κ3) is 5.53. The lowest BCUT2D eigenvalue weighted by molar-refractivity contribution is -0.137. The van der Waals surface area contributed by atoms with E-state index in [0.717, 1.165) is 23.3 Å². The first-order chi connectivity index (χ1) is 17.8. The number of alkyl halides is 3. The fourth-order valence-electron chi connectivity index (χ4n) is 3.75. The van der Waals surface area contributed by atoms with E-state index in [1.54, 1.807) is 54.1 Å². The van der Waals surface area contributed by atoms with E-state index < -0.39 is 27.4 Å². The zero-order chi connectivity index (χ0) is 27.8. The number of pyridine rings is 1. The van der Waals surface area contributed by atoms with Crippen molar-refractivity contribution in [1.82, 2.24) is 23.9 Å². The summed E-state index contributed by atoms with van der Waals surface area (Å²) < 4.78 is 72.6. The molecule has 0 fully saturated rings. The van der Waals surface area contributed by atoms with Gasteiger partial charge in [0.15, 0.2) is 5.52 Å². The van der Waals surface area contributed by atoms with Gasteiger partial charge in [-0.1, -0.05) is 17.7 Å². The van der Waals surface area contributed by atoms with Crippen LogP contribution in [0.5, 0.6) is 0 Å². The first-order valence-electron chi connectivity index (χ1n) is 11.0. The fourth-order valence-corrected chi connectivity index (χ4v) is 4.23. The minimum atomic E-state index is -4.44. The van der Waals surface area contributed by atoms with Gasteiger partial charge in [0.25, 0.3) is 15.7 Å². The molecule has 38 heavy (non-hydrogen) atoms. The number of hydrogen-bond acceptors (Lipinski definition) is 5. The van der Waals surface area contributed by atoms with Crippen LogP contribution in [0.25, 0.3) is 27.8 Å². The Hall–Kier alpha value is -4.23. The normalized spacial score (nSPS) is 11.9. The average Bonchev–Trinajstić information content (AvgIpc) is 3.45. The lowest BCUT2D eigenvalue weighted by Gasteiger charge is -2.12. The minimum absolute atomic E-state index is 0.0666. The van der Waals surface area contributed by atoms with Crippen LogP contribution < -0.4 is 5.56 Å². The molecule has 3 aromatic heterocycles. The van der Waals surface area contributed by atoms with Gasteiger partial charge in [-0.2, -0.15) is 26.7 Å². The number of nitrogens with zero attached hydrogens (tertiary/aromatic N) is 5. The highest BCUT2D eigenvalue weighted by Gasteiger charge is 2.30. The van der Waals surface area contributed by atoms with Crippen molar-refractivity contribution >= 4 is 21.2 Å². The second-order valence-electron chi connectivity index (χ2n) is 8.51. The van der Waals surface area contributed by atoms with E-state index in [4.69, 9.17) is 4.55 Å². The largest absolute Gasteiger partial charge is 0.416 e. The van der Waals surface area contributed by atoms with Crippen molar-refractivity contribution in [3.8, 4) is 16.8 Å². The molecule has 0 radical (unpaired) electrons. The molecular weight excluding hydrogens is 523 g/mol. The summed E-state index contributed by atoms with van der Waals surface area (Å²) in [5, 5.41) is 4.15. The van der Waals surface area contributed by atoms with Crippen LogP contribution in [0.4, 0.5) is 13.2 Å². The molecule has 0 bridgehead atoms. The fraction of sp³-hybridized carbons (Fsp3) is 0.160. The standard InChI is InChI=1S/C18H14F3N5O.C7H8O3S/c1-24-10-22-15-16(24)14(11-7-23-25(2)8-11)9-26(17(15)27)13-5-3-12(4-6-13)18(19,20)21;1-6-2-4-7(5-3-6)11(8,9)10/h3-10H,1-2H3;2-5H,1H3,(H,8,9,10). The van der Waals surface area contributed by atoms with E-state index in [1.807, 2.05) is 6.92 Å². The van der Waals surface area contributed by atoms with Crippen LogP contribution in [-0.4, -0.2) is 36.9 Å². The molecule has 3 heterocycles. The predicted octanol–water partition coefficient (Wildman–Crippen LogP) is 4.39. The number of imidazole rings is 1. The molecular formula is C25H22F3N5O4S. The van der Waals surface area contributed by atoms with Crippen LogP contribution in [0.3, 0.4) is 0 Å². The van der Waals surface area contributed by atoms with Gasteiger partial charge in [0.1, 0.15) is 0 Å². The number of benzene rings is 2. The molecule has 0 aliphatic rings. The Kier molecular flexibility index (Phi) is 7.00. The van der Waals surface area contributed by atoms with E-state index in [-0.39, 0.29) is 10.4 Å². The lowest BCUT2D eigenvalue weighted by Crippen LogP contribution is -2.19. The van der Waals surface area contributed by atoms with Gasteiger partial charge in [0, 0.05) is 43.3 Å². The number of aryl methyl sites for hydroxylation is 3. The van der Waals surface area contributed by atoms with E-state index in [2.05, 4.69) is 10.1 Å². The Morgan fingerprint density at radius 3 is 2.11 bits per heavy atom. The lowest BCUT2D eigenvalue weighted by atomic mass is 10.1. The van der Waals surface area contributed by atoms with Crippen molar-refractivity contribution < 1.29 is 26.1 Å². The van der Waals surface area contributed by atoms with Gasteiger partial charge in [0.05, 0.1) is 28.5 Å². The van der Waals surface area contributed by atoms with Crippen LogP contribution in [0.2, 0.25) is 0 Å². The highest BCUT2D eigenvalue weighted by Crippen LogP contribution is 2.30. The SMILES string of the molecule is Cc1ccc(S(=O)(=O)O)cc1.Cn1cc(-c2cn(-c3ccc(C(F)(F)F)cc3)c(=O)c3ncn(C)c23)cn1. The molecule has 5 rings (SSSR count). The molecule has 198 valence electrons. The Bertz CT molecular complexity index is 1770. The molecule has 9 nitrogen and oxygen atoms in total. The zero-order valence-electron chi connectivity index (χ0n) is 20.4. The monoisotopic (exact) mass is 545 g/mol. The van der Waals surface area contributed by atoms with Crippen molar-refractivity contribution in [2.45, 2.75) is 18.0 Å². The van der Waals surface area contributed by atoms with Crippen molar-refractivity contribution in [3.63, 3.8) is 0 Å². The first-order valence-corrected chi connectivity index (χ1v) is 12.5. The molecule has 0 aliphatic carbocycles. The van der Waals surface area contributed by atoms with E-state index in [9.17, 15) is 26.4 Å².